The van der Waals surface area contributed by atoms with Gasteiger partial charge in [-0.15, -0.1) is 0 Å². The highest BCUT2D eigenvalue weighted by molar-refractivity contribution is 7.89. The van der Waals surface area contributed by atoms with E-state index < -0.39 is 15.6 Å². The second-order valence-corrected chi connectivity index (χ2v) is 9.34. The molecule has 0 saturated carbocycles. The highest BCUT2D eigenvalue weighted by atomic mass is 32.2. The molecule has 0 saturated heterocycles. The Balaban J connectivity index is 1.69. The van der Waals surface area contributed by atoms with Crippen LogP contribution in [0, 0.1) is 6.92 Å². The summed E-state index contributed by atoms with van der Waals surface area (Å²) >= 11 is 0. The molecule has 0 unspecified atom stereocenters. The third-order valence-corrected chi connectivity index (χ3v) is 5.64. The number of anilines is 1. The van der Waals surface area contributed by atoms with Gasteiger partial charge in [0.15, 0.2) is 5.82 Å². The zero-order chi connectivity index (χ0) is 21.2. The van der Waals surface area contributed by atoms with Crippen LogP contribution in [0.1, 0.15) is 37.0 Å². The predicted octanol–water partition coefficient (Wildman–Crippen LogP) is 3.11. The number of benzene rings is 2. The Morgan fingerprint density at radius 1 is 1.00 bits per heavy atom. The van der Waals surface area contributed by atoms with Crippen molar-refractivity contribution in [3.63, 3.8) is 0 Å². The van der Waals surface area contributed by atoms with E-state index in [1.165, 1.54) is 24.3 Å². The van der Waals surface area contributed by atoms with E-state index in [1.54, 1.807) is 32.9 Å². The number of nitrogens with zero attached hydrogens (tertiary/aromatic N) is 2. The molecule has 0 spiro atoms. The molecule has 1 aromatic heterocycles. The molecule has 1 heterocycles. The van der Waals surface area contributed by atoms with Crippen LogP contribution in [-0.4, -0.2) is 35.0 Å². The first-order valence-corrected chi connectivity index (χ1v) is 10.5. The molecular formula is C20H23N5O3S. The Morgan fingerprint density at radius 3 is 2.14 bits per heavy atom. The molecule has 9 heteroatoms. The number of carbonyl (C=O) groups excluding carboxylic acids is 1. The molecule has 152 valence electrons. The monoisotopic (exact) mass is 413 g/mol. The van der Waals surface area contributed by atoms with E-state index in [1.807, 2.05) is 19.1 Å². The quantitative estimate of drug-likeness (QED) is 0.594. The average Bonchev–Trinajstić information content (AvgIpc) is 3.07. The second kappa shape index (κ2) is 7.76. The van der Waals surface area contributed by atoms with Gasteiger partial charge in [-0.3, -0.25) is 9.89 Å². The third-order valence-electron chi connectivity index (χ3n) is 3.87. The smallest absolute Gasteiger partial charge is 0.255 e. The Hall–Kier alpha value is -3.04. The lowest BCUT2D eigenvalue weighted by Gasteiger charge is -2.20. The summed E-state index contributed by atoms with van der Waals surface area (Å²) in [6.45, 7) is 7.11. The van der Waals surface area contributed by atoms with Gasteiger partial charge in [-0.1, -0.05) is 0 Å². The van der Waals surface area contributed by atoms with Gasteiger partial charge in [0.2, 0.25) is 10.0 Å². The summed E-state index contributed by atoms with van der Waals surface area (Å²) in [5, 5.41) is 9.67. The molecule has 0 bridgehead atoms. The number of rotatable bonds is 5. The molecule has 3 rings (SSSR count). The van der Waals surface area contributed by atoms with Crippen LogP contribution < -0.4 is 10.0 Å². The van der Waals surface area contributed by atoms with Gasteiger partial charge < -0.3 is 5.32 Å². The first kappa shape index (κ1) is 20.7. The Bertz CT molecular complexity index is 1110. The van der Waals surface area contributed by atoms with Gasteiger partial charge in [0.25, 0.3) is 5.91 Å². The van der Waals surface area contributed by atoms with Crippen LogP contribution >= 0.6 is 0 Å². The Morgan fingerprint density at radius 2 is 1.62 bits per heavy atom. The van der Waals surface area contributed by atoms with Crippen LogP contribution in [-0.2, 0) is 10.0 Å². The summed E-state index contributed by atoms with van der Waals surface area (Å²) < 4.78 is 27.3. The van der Waals surface area contributed by atoms with E-state index >= 15 is 0 Å². The van der Waals surface area contributed by atoms with E-state index in [4.69, 9.17) is 0 Å². The molecule has 2 aromatic carbocycles. The summed E-state index contributed by atoms with van der Waals surface area (Å²) in [5.41, 5.74) is 1.20. The maximum absolute atomic E-state index is 12.5. The minimum absolute atomic E-state index is 0.107. The fraction of sp³-hybridized carbons (Fsp3) is 0.250. The Kier molecular flexibility index (Phi) is 5.54. The second-order valence-electron chi connectivity index (χ2n) is 7.66. The van der Waals surface area contributed by atoms with Crippen LogP contribution in [0.25, 0.3) is 11.4 Å². The number of hydrogen-bond acceptors (Lipinski definition) is 5. The molecule has 3 N–H and O–H groups in total. The van der Waals surface area contributed by atoms with Gasteiger partial charge in [0.05, 0.1) is 4.90 Å². The molecule has 0 fully saturated rings. The van der Waals surface area contributed by atoms with Gasteiger partial charge in [-0.2, -0.15) is 5.10 Å². The number of sulfonamides is 1. The lowest BCUT2D eigenvalue weighted by atomic mass is 10.1. The molecular weight excluding hydrogens is 390 g/mol. The predicted molar refractivity (Wildman–Crippen MR) is 111 cm³/mol. The molecule has 0 radical (unpaired) electrons. The highest BCUT2D eigenvalue weighted by Gasteiger charge is 2.22. The van der Waals surface area contributed by atoms with Crippen molar-refractivity contribution in [3.8, 4) is 11.4 Å². The van der Waals surface area contributed by atoms with Crippen LogP contribution in [0.3, 0.4) is 0 Å². The van der Waals surface area contributed by atoms with Crippen LogP contribution in [0.4, 0.5) is 5.69 Å². The van der Waals surface area contributed by atoms with Crippen molar-refractivity contribution >= 4 is 21.6 Å². The zero-order valence-corrected chi connectivity index (χ0v) is 17.5. The fourth-order valence-corrected chi connectivity index (χ4v) is 4.04. The molecule has 0 aliphatic carbocycles. The number of hydrogen-bond donors (Lipinski definition) is 3. The number of aryl methyl sites for hydroxylation is 1. The molecule has 0 aliphatic heterocycles. The van der Waals surface area contributed by atoms with Crippen LogP contribution in [0.5, 0.6) is 0 Å². The molecule has 29 heavy (non-hydrogen) atoms. The molecule has 3 aromatic rings. The van der Waals surface area contributed by atoms with E-state index in [2.05, 4.69) is 25.2 Å². The maximum atomic E-state index is 12.5. The number of H-pyrrole nitrogens is 1. The minimum Gasteiger partial charge on any atom is -0.322 e. The lowest BCUT2D eigenvalue weighted by Crippen LogP contribution is -2.40. The summed E-state index contributed by atoms with van der Waals surface area (Å²) in [6.07, 6.45) is 0. The maximum Gasteiger partial charge on any atom is 0.255 e. The van der Waals surface area contributed by atoms with Crippen molar-refractivity contribution < 1.29 is 13.2 Å². The molecule has 0 aliphatic rings. The first-order chi connectivity index (χ1) is 13.5. The van der Waals surface area contributed by atoms with Crippen molar-refractivity contribution in [1.82, 2.24) is 19.9 Å². The van der Waals surface area contributed by atoms with Gasteiger partial charge in [0.1, 0.15) is 5.82 Å². The fourth-order valence-electron chi connectivity index (χ4n) is 2.63. The zero-order valence-electron chi connectivity index (χ0n) is 16.6. The van der Waals surface area contributed by atoms with Crippen molar-refractivity contribution in [2.75, 3.05) is 5.32 Å². The number of aromatic amines is 1. The van der Waals surface area contributed by atoms with Gasteiger partial charge >= 0.3 is 0 Å². The van der Waals surface area contributed by atoms with Crippen LogP contribution in [0.2, 0.25) is 0 Å². The van der Waals surface area contributed by atoms with Crippen molar-refractivity contribution in [3.05, 3.63) is 59.9 Å². The lowest BCUT2D eigenvalue weighted by molar-refractivity contribution is 0.102. The Labute approximate surface area is 169 Å². The summed E-state index contributed by atoms with van der Waals surface area (Å²) in [6, 6.07) is 12.9. The molecule has 0 atom stereocenters. The number of carbonyl (C=O) groups is 1. The average molecular weight is 414 g/mol. The summed E-state index contributed by atoms with van der Waals surface area (Å²) in [5.74, 6) is 0.973. The topological polar surface area (TPSA) is 117 Å². The van der Waals surface area contributed by atoms with E-state index in [0.29, 0.717) is 17.1 Å². The first-order valence-electron chi connectivity index (χ1n) is 8.98. The normalized spacial score (nSPS) is 12.0. The van der Waals surface area contributed by atoms with Crippen molar-refractivity contribution in [2.45, 2.75) is 38.1 Å². The summed E-state index contributed by atoms with van der Waals surface area (Å²) in [7, 11) is -3.64. The molecule has 8 nitrogen and oxygen atoms in total. The summed E-state index contributed by atoms with van der Waals surface area (Å²) in [4.78, 5) is 16.8. The van der Waals surface area contributed by atoms with Gasteiger partial charge in [-0.05, 0) is 76.2 Å². The number of amides is 1. The third kappa shape index (κ3) is 5.27. The van der Waals surface area contributed by atoms with E-state index in [-0.39, 0.29) is 10.8 Å². The highest BCUT2D eigenvalue weighted by Crippen LogP contribution is 2.19. The molecule has 1 amide bonds. The SMILES string of the molecule is Cc1nc(-c2ccc(NC(=O)c3ccc(S(=O)(=O)NC(C)(C)C)cc3)cc2)n[nH]1. The van der Waals surface area contributed by atoms with Gasteiger partial charge in [-0.25, -0.2) is 18.1 Å². The number of nitrogens with one attached hydrogen (secondary N) is 3. The standard InChI is InChI=1S/C20H23N5O3S/c1-13-21-18(24-23-13)14-5-9-16(10-6-14)22-19(26)15-7-11-17(12-8-15)29(27,28)25-20(2,3)4/h5-12,25H,1-4H3,(H,22,26)(H,21,23,24). The minimum atomic E-state index is -3.64. The largest absolute Gasteiger partial charge is 0.322 e. The van der Waals surface area contributed by atoms with Crippen LogP contribution in [0.15, 0.2) is 53.4 Å². The van der Waals surface area contributed by atoms with Gasteiger partial charge in [0, 0.05) is 22.4 Å². The van der Waals surface area contributed by atoms with E-state index in [0.717, 1.165) is 11.4 Å². The van der Waals surface area contributed by atoms with E-state index in [9.17, 15) is 13.2 Å². The van der Waals surface area contributed by atoms with Crippen molar-refractivity contribution in [2.24, 2.45) is 0 Å². The van der Waals surface area contributed by atoms with Crippen molar-refractivity contribution in [1.29, 1.82) is 0 Å². The number of aromatic nitrogens is 3.